The van der Waals surface area contributed by atoms with E-state index in [1.807, 2.05) is 0 Å². The minimum Gasteiger partial charge on any atom is -0.409 e. The summed E-state index contributed by atoms with van der Waals surface area (Å²) in [4.78, 5) is 2.77. The highest BCUT2D eigenvalue weighted by Gasteiger charge is 2.53. The van der Waals surface area contributed by atoms with Gasteiger partial charge >= 0.3 is 0 Å². The number of azide groups is 1. The number of fused-ring (bicyclic) bond motifs is 2. The molecule has 0 amide bonds. The second-order valence-electron chi connectivity index (χ2n) is 6.91. The number of hydrogen-bond donors (Lipinski definition) is 1. The fourth-order valence-corrected chi connectivity index (χ4v) is 3.54. The maximum absolute atomic E-state index is 10.4. The smallest absolute Gasteiger partial charge is 0.192 e. The predicted octanol–water partition coefficient (Wildman–Crippen LogP) is 2.17. The molecule has 0 aromatic carbocycles. The van der Waals surface area contributed by atoms with Crippen LogP contribution in [0.25, 0.3) is 10.4 Å². The zero-order chi connectivity index (χ0) is 15.1. The van der Waals surface area contributed by atoms with Gasteiger partial charge < -0.3 is 19.0 Å². The summed E-state index contributed by atoms with van der Waals surface area (Å²) in [6.07, 6.45) is -2.36. The van der Waals surface area contributed by atoms with Gasteiger partial charge in [0.25, 0.3) is 0 Å². The summed E-state index contributed by atoms with van der Waals surface area (Å²) in [6.45, 7) is 11.0. The van der Waals surface area contributed by atoms with Gasteiger partial charge in [0.1, 0.15) is 18.2 Å². The van der Waals surface area contributed by atoms with Crippen molar-refractivity contribution in [3.63, 3.8) is 0 Å². The summed E-state index contributed by atoms with van der Waals surface area (Å²) in [5.41, 5.74) is 8.62. The fourth-order valence-electron chi connectivity index (χ4n) is 2.21. The Bertz CT molecular complexity index is 419. The van der Waals surface area contributed by atoms with E-state index < -0.39 is 32.9 Å². The third-order valence-electron chi connectivity index (χ3n) is 4.49. The van der Waals surface area contributed by atoms with E-state index in [1.165, 1.54) is 0 Å². The third-order valence-corrected chi connectivity index (χ3v) is 8.96. The molecule has 0 spiro atoms. The Morgan fingerprint density at radius 2 is 2.05 bits per heavy atom. The largest absolute Gasteiger partial charge is 0.409 e. The molecule has 2 heterocycles. The highest BCUT2D eigenvalue weighted by atomic mass is 28.4. The van der Waals surface area contributed by atoms with Gasteiger partial charge in [0.2, 0.25) is 0 Å². The molecule has 0 aliphatic carbocycles. The Morgan fingerprint density at radius 3 is 2.60 bits per heavy atom. The van der Waals surface area contributed by atoms with Gasteiger partial charge in [-0.1, -0.05) is 25.9 Å². The molecule has 2 saturated heterocycles. The molecule has 20 heavy (non-hydrogen) atoms. The first-order valence-corrected chi connectivity index (χ1v) is 9.75. The lowest BCUT2D eigenvalue weighted by Gasteiger charge is -2.44. The summed E-state index contributed by atoms with van der Waals surface area (Å²) >= 11 is 0. The molecule has 7 nitrogen and oxygen atoms in total. The van der Waals surface area contributed by atoms with Gasteiger partial charge in [-0.2, -0.15) is 0 Å². The first kappa shape index (κ1) is 15.8. The molecule has 1 N–H and O–H groups in total. The Hall–Kier alpha value is -0.633. The predicted molar refractivity (Wildman–Crippen MR) is 75.6 cm³/mol. The van der Waals surface area contributed by atoms with Crippen LogP contribution in [0.15, 0.2) is 5.11 Å². The Kier molecular flexibility index (Phi) is 4.16. The number of ether oxygens (including phenoxy) is 2. The minimum atomic E-state index is -2.06. The number of rotatable bonds is 3. The van der Waals surface area contributed by atoms with Crippen molar-refractivity contribution in [1.82, 2.24) is 0 Å². The molecule has 2 aliphatic heterocycles. The van der Waals surface area contributed by atoms with E-state index in [9.17, 15) is 5.11 Å². The van der Waals surface area contributed by atoms with E-state index in [4.69, 9.17) is 19.4 Å². The molecule has 0 aromatic rings. The minimum absolute atomic E-state index is 0.0248. The van der Waals surface area contributed by atoms with Gasteiger partial charge in [-0.15, -0.1) is 0 Å². The lowest BCUT2D eigenvalue weighted by molar-refractivity contribution is -0.173. The average Bonchev–Trinajstić information content (AvgIpc) is 2.75. The molecule has 5 atom stereocenters. The van der Waals surface area contributed by atoms with E-state index in [-0.39, 0.29) is 11.1 Å². The molecular weight excluding hydrogens is 278 g/mol. The van der Waals surface area contributed by atoms with Crippen LogP contribution in [0.5, 0.6) is 0 Å². The molecule has 2 rings (SSSR count). The summed E-state index contributed by atoms with van der Waals surface area (Å²) in [6, 6.07) is -0.756. The Balaban J connectivity index is 2.20. The lowest BCUT2D eigenvalue weighted by atomic mass is 10.00. The topological polar surface area (TPSA) is 96.7 Å². The summed E-state index contributed by atoms with van der Waals surface area (Å²) in [5, 5.41) is 14.1. The summed E-state index contributed by atoms with van der Waals surface area (Å²) in [5.74, 6) is 0. The maximum atomic E-state index is 10.4. The van der Waals surface area contributed by atoms with Gasteiger partial charge in [0, 0.05) is 4.91 Å². The third kappa shape index (κ3) is 2.72. The standard InChI is InChI=1S/C12H23N3O4Si/c1-12(2,3)20(4,5)19-10-7-6-17-11(18-7)8(9(10)16)14-15-13/h7-11,16H,6H2,1-5H3/t7-,8+,9?,10-,11?/m1/s1. The van der Waals surface area contributed by atoms with Crippen molar-refractivity contribution in [3.05, 3.63) is 10.4 Å². The van der Waals surface area contributed by atoms with Crippen molar-refractivity contribution in [2.75, 3.05) is 6.61 Å². The van der Waals surface area contributed by atoms with Crippen LogP contribution in [0.2, 0.25) is 18.1 Å². The Labute approximate surface area is 120 Å². The first-order chi connectivity index (χ1) is 9.17. The molecule has 0 aromatic heterocycles. The Morgan fingerprint density at radius 1 is 1.40 bits per heavy atom. The van der Waals surface area contributed by atoms with Gasteiger partial charge in [-0.3, -0.25) is 0 Å². The molecular formula is C12H23N3O4Si. The van der Waals surface area contributed by atoms with Crippen molar-refractivity contribution in [1.29, 1.82) is 0 Å². The zero-order valence-corrected chi connectivity index (χ0v) is 13.6. The average molecular weight is 301 g/mol. The van der Waals surface area contributed by atoms with Gasteiger partial charge in [-0.25, -0.2) is 0 Å². The lowest BCUT2D eigenvalue weighted by Crippen LogP contribution is -2.58. The fraction of sp³-hybridized carbons (Fsp3) is 1.00. The van der Waals surface area contributed by atoms with Crippen molar-refractivity contribution < 1.29 is 19.0 Å². The van der Waals surface area contributed by atoms with Gasteiger partial charge in [0.15, 0.2) is 14.6 Å². The van der Waals surface area contributed by atoms with Crippen molar-refractivity contribution >= 4 is 8.32 Å². The van der Waals surface area contributed by atoms with Gasteiger partial charge in [0.05, 0.1) is 12.7 Å². The van der Waals surface area contributed by atoms with E-state index in [1.54, 1.807) is 0 Å². The first-order valence-electron chi connectivity index (χ1n) is 6.84. The second-order valence-corrected chi connectivity index (χ2v) is 11.7. The number of aliphatic hydroxyl groups excluding tert-OH is 1. The summed E-state index contributed by atoms with van der Waals surface area (Å²) in [7, 11) is -2.06. The van der Waals surface area contributed by atoms with Crippen LogP contribution >= 0.6 is 0 Å². The van der Waals surface area contributed by atoms with Crippen molar-refractivity contribution in [3.8, 4) is 0 Å². The number of nitrogens with zero attached hydrogens (tertiary/aromatic N) is 3. The molecule has 8 heteroatoms. The second kappa shape index (κ2) is 5.29. The number of hydrogen-bond acceptors (Lipinski definition) is 5. The molecule has 114 valence electrons. The van der Waals surface area contributed by atoms with Crippen LogP contribution in [-0.2, 0) is 13.9 Å². The van der Waals surface area contributed by atoms with E-state index in [0.717, 1.165) is 0 Å². The van der Waals surface area contributed by atoms with E-state index in [2.05, 4.69) is 43.9 Å². The molecule has 2 unspecified atom stereocenters. The van der Waals surface area contributed by atoms with Crippen LogP contribution in [0.1, 0.15) is 20.8 Å². The normalized spacial score (nSPS) is 37.6. The zero-order valence-electron chi connectivity index (χ0n) is 12.6. The van der Waals surface area contributed by atoms with Crippen LogP contribution < -0.4 is 0 Å². The molecule has 2 bridgehead atoms. The van der Waals surface area contributed by atoms with Crippen molar-refractivity contribution in [2.45, 2.75) is 69.5 Å². The van der Waals surface area contributed by atoms with Crippen LogP contribution in [-0.4, -0.2) is 50.7 Å². The van der Waals surface area contributed by atoms with Crippen LogP contribution in [0.4, 0.5) is 0 Å². The van der Waals surface area contributed by atoms with Crippen molar-refractivity contribution in [2.24, 2.45) is 5.11 Å². The SMILES string of the molecule is CC(C)(C)[Si](C)(C)O[C@H]1C(O)[C@H](N=[N+]=[N-])C2OC[C@H]1O2. The van der Waals surface area contributed by atoms with E-state index >= 15 is 0 Å². The monoisotopic (exact) mass is 301 g/mol. The molecule has 2 fully saturated rings. The molecule has 0 radical (unpaired) electrons. The van der Waals surface area contributed by atoms with Gasteiger partial charge in [-0.05, 0) is 23.7 Å². The van der Waals surface area contributed by atoms with E-state index in [0.29, 0.717) is 6.61 Å². The highest BCUT2D eigenvalue weighted by molar-refractivity contribution is 6.74. The summed E-state index contributed by atoms with van der Waals surface area (Å²) < 4.78 is 17.3. The molecule has 0 saturated carbocycles. The highest BCUT2D eigenvalue weighted by Crippen LogP contribution is 2.41. The van der Waals surface area contributed by atoms with Crippen LogP contribution in [0, 0.1) is 0 Å². The maximum Gasteiger partial charge on any atom is 0.192 e. The molecule has 2 aliphatic rings. The number of aliphatic hydroxyl groups is 1. The quantitative estimate of drug-likeness (QED) is 0.374. The van der Waals surface area contributed by atoms with Crippen LogP contribution in [0.3, 0.4) is 0 Å².